The molecule has 4 aromatic heterocycles. The van der Waals surface area contributed by atoms with Gasteiger partial charge < -0.3 is 10.1 Å². The van der Waals surface area contributed by atoms with Gasteiger partial charge in [0.25, 0.3) is 5.91 Å². The van der Waals surface area contributed by atoms with Gasteiger partial charge in [-0.2, -0.15) is 0 Å². The molecule has 4 rings (SSSR count). The Labute approximate surface area is 154 Å². The number of fused-ring (bicyclic) bond motifs is 1. The van der Waals surface area contributed by atoms with Crippen molar-refractivity contribution in [1.82, 2.24) is 24.6 Å². The molecule has 8 nitrogen and oxygen atoms in total. The van der Waals surface area contributed by atoms with E-state index in [4.69, 9.17) is 4.74 Å². The van der Waals surface area contributed by atoms with E-state index in [0.29, 0.717) is 17.2 Å². The van der Waals surface area contributed by atoms with Crippen molar-refractivity contribution < 1.29 is 15.3 Å². The Balaban J connectivity index is 0.00000225. The highest BCUT2D eigenvalue weighted by Gasteiger charge is 2.16. The highest BCUT2D eigenvalue weighted by molar-refractivity contribution is 6.08. The Bertz CT molecular complexity index is 1130. The zero-order valence-electron chi connectivity index (χ0n) is 14.1. The number of aromatic nitrogens is 5. The van der Waals surface area contributed by atoms with E-state index in [1.165, 1.54) is 24.7 Å². The first kappa shape index (κ1) is 16.6. The number of carbonyl (C=O) groups excluding carboxylic acids is 1. The Morgan fingerprint density at radius 2 is 2.11 bits per heavy atom. The Morgan fingerprint density at radius 1 is 1.22 bits per heavy atom. The fraction of sp³-hybridized carbons (Fsp3) is 0.0556. The first-order chi connectivity index (χ1) is 13.1. The summed E-state index contributed by atoms with van der Waals surface area (Å²) in [7, 11) is 0. The topological polar surface area (TPSA) is 94.3 Å². The van der Waals surface area contributed by atoms with Crippen LogP contribution in [-0.4, -0.2) is 30.5 Å². The Morgan fingerprint density at radius 3 is 2.89 bits per heavy atom. The quantitative estimate of drug-likeness (QED) is 0.596. The number of nitrogens with zero attached hydrogens (tertiary/aromatic N) is 5. The first-order valence-electron chi connectivity index (χ1n) is 7.94. The van der Waals surface area contributed by atoms with Crippen LogP contribution in [0.25, 0.3) is 5.65 Å². The number of hydrogen-bond acceptors (Lipinski definition) is 6. The second kappa shape index (κ2) is 6.79. The van der Waals surface area contributed by atoms with Crippen LogP contribution in [-0.2, 0) is 0 Å². The summed E-state index contributed by atoms with van der Waals surface area (Å²) < 4.78 is 20.5. The number of anilines is 1. The van der Waals surface area contributed by atoms with Gasteiger partial charge in [-0.25, -0.2) is 9.37 Å². The standard InChI is InChI=1S/C18H13FN6O2.H2/c1-11-2-3-16(21-6-11)23-18(26)15-5-14(9-25-10-22-24-17(15)25)27-13-4-12(19)7-20-8-13;/h2-10H,1H3,(H,21,23,26);1H. The molecule has 0 atom stereocenters. The molecule has 0 aliphatic rings. The van der Waals surface area contributed by atoms with Gasteiger partial charge in [0.15, 0.2) is 5.65 Å². The van der Waals surface area contributed by atoms with Gasteiger partial charge in [-0.15, -0.1) is 10.2 Å². The van der Waals surface area contributed by atoms with Gasteiger partial charge in [0, 0.05) is 13.7 Å². The maximum Gasteiger partial charge on any atom is 0.260 e. The molecule has 1 N–H and O–H groups in total. The van der Waals surface area contributed by atoms with Crippen molar-refractivity contribution in [3.8, 4) is 11.5 Å². The van der Waals surface area contributed by atoms with Crippen LogP contribution in [0.3, 0.4) is 0 Å². The van der Waals surface area contributed by atoms with Crippen LogP contribution in [0.15, 0.2) is 55.4 Å². The first-order valence-corrected chi connectivity index (χ1v) is 7.94. The summed E-state index contributed by atoms with van der Waals surface area (Å²) in [4.78, 5) is 20.6. The number of nitrogens with one attached hydrogen (secondary N) is 1. The van der Waals surface area contributed by atoms with Gasteiger partial charge in [0.1, 0.15) is 29.5 Å². The molecular weight excluding hydrogens is 351 g/mol. The minimum Gasteiger partial charge on any atom is -0.454 e. The van der Waals surface area contributed by atoms with Crippen LogP contribution in [0, 0.1) is 12.7 Å². The minimum absolute atomic E-state index is 0. The Hall–Kier alpha value is -3.88. The zero-order valence-corrected chi connectivity index (χ0v) is 14.1. The molecule has 0 spiro atoms. The van der Waals surface area contributed by atoms with Crippen molar-refractivity contribution in [3.05, 3.63) is 72.3 Å². The van der Waals surface area contributed by atoms with Gasteiger partial charge in [-0.1, -0.05) is 6.07 Å². The summed E-state index contributed by atoms with van der Waals surface area (Å²) in [5.41, 5.74) is 1.56. The molecule has 0 fully saturated rings. The van der Waals surface area contributed by atoms with E-state index in [-0.39, 0.29) is 12.7 Å². The molecule has 4 aromatic rings. The highest BCUT2D eigenvalue weighted by atomic mass is 19.1. The van der Waals surface area contributed by atoms with Crippen LogP contribution in [0.4, 0.5) is 10.2 Å². The fourth-order valence-corrected chi connectivity index (χ4v) is 2.44. The molecule has 9 heteroatoms. The van der Waals surface area contributed by atoms with E-state index < -0.39 is 11.7 Å². The van der Waals surface area contributed by atoms with Gasteiger partial charge >= 0.3 is 0 Å². The third-order valence-electron chi connectivity index (χ3n) is 3.68. The monoisotopic (exact) mass is 366 g/mol. The molecule has 0 unspecified atom stereocenters. The number of amides is 1. The summed E-state index contributed by atoms with van der Waals surface area (Å²) in [5, 5.41) is 10.5. The molecule has 4 heterocycles. The van der Waals surface area contributed by atoms with Crippen molar-refractivity contribution in [2.45, 2.75) is 6.92 Å². The second-order valence-corrected chi connectivity index (χ2v) is 5.77. The number of rotatable bonds is 4. The molecule has 0 saturated heterocycles. The third kappa shape index (κ3) is 3.56. The molecule has 0 saturated carbocycles. The van der Waals surface area contributed by atoms with E-state index in [9.17, 15) is 9.18 Å². The van der Waals surface area contributed by atoms with Crippen LogP contribution in [0.5, 0.6) is 11.5 Å². The molecule has 136 valence electrons. The van der Waals surface area contributed by atoms with Crippen LogP contribution < -0.4 is 10.1 Å². The molecule has 0 aliphatic heterocycles. The van der Waals surface area contributed by atoms with E-state index >= 15 is 0 Å². The summed E-state index contributed by atoms with van der Waals surface area (Å²) in [6.45, 7) is 1.90. The molecule has 1 amide bonds. The summed E-state index contributed by atoms with van der Waals surface area (Å²) in [6, 6.07) is 6.23. The smallest absolute Gasteiger partial charge is 0.260 e. The number of aryl methyl sites for hydroxylation is 1. The van der Waals surface area contributed by atoms with Crippen molar-refractivity contribution in [2.24, 2.45) is 0 Å². The SMILES string of the molecule is Cc1ccc(NC(=O)c2cc(Oc3cncc(F)c3)cn3cnnc23)nc1.[HH]. The summed E-state index contributed by atoms with van der Waals surface area (Å²) in [6.07, 6.45) is 7.12. The average molecular weight is 366 g/mol. The van der Waals surface area contributed by atoms with Gasteiger partial charge in [-0.3, -0.25) is 14.2 Å². The molecule has 27 heavy (non-hydrogen) atoms. The molecule has 0 radical (unpaired) electrons. The lowest BCUT2D eigenvalue weighted by Gasteiger charge is -2.09. The van der Waals surface area contributed by atoms with E-state index in [1.54, 1.807) is 22.9 Å². The van der Waals surface area contributed by atoms with E-state index in [0.717, 1.165) is 11.8 Å². The predicted molar refractivity (Wildman–Crippen MR) is 96.3 cm³/mol. The molecule has 0 aromatic carbocycles. The van der Waals surface area contributed by atoms with E-state index in [2.05, 4.69) is 25.5 Å². The van der Waals surface area contributed by atoms with E-state index in [1.807, 2.05) is 13.0 Å². The number of halogens is 1. The lowest BCUT2D eigenvalue weighted by atomic mass is 10.2. The van der Waals surface area contributed by atoms with Crippen molar-refractivity contribution in [2.75, 3.05) is 5.32 Å². The van der Waals surface area contributed by atoms with Crippen LogP contribution >= 0.6 is 0 Å². The maximum absolute atomic E-state index is 13.3. The average Bonchev–Trinajstić information content (AvgIpc) is 3.11. The van der Waals surface area contributed by atoms with Crippen molar-refractivity contribution >= 4 is 17.4 Å². The molecule has 0 bridgehead atoms. The molecule has 0 aliphatic carbocycles. The summed E-state index contributed by atoms with van der Waals surface area (Å²) in [5.74, 6) is -0.0388. The van der Waals surface area contributed by atoms with Crippen molar-refractivity contribution in [3.63, 3.8) is 0 Å². The number of carbonyl (C=O) groups is 1. The zero-order chi connectivity index (χ0) is 18.8. The van der Waals surface area contributed by atoms with Gasteiger partial charge in [-0.05, 0) is 24.6 Å². The van der Waals surface area contributed by atoms with Gasteiger partial charge in [0.2, 0.25) is 0 Å². The van der Waals surface area contributed by atoms with Crippen LogP contribution in [0.1, 0.15) is 17.3 Å². The molecular formula is C18H15FN6O2. The second-order valence-electron chi connectivity index (χ2n) is 5.77. The lowest BCUT2D eigenvalue weighted by Crippen LogP contribution is -2.14. The lowest BCUT2D eigenvalue weighted by molar-refractivity contribution is 0.102. The summed E-state index contributed by atoms with van der Waals surface area (Å²) >= 11 is 0. The maximum atomic E-state index is 13.3. The number of hydrogen-bond donors (Lipinski definition) is 1. The number of ether oxygens (including phenoxy) is 1. The number of pyridine rings is 3. The third-order valence-corrected chi connectivity index (χ3v) is 3.68. The fourth-order valence-electron chi connectivity index (χ4n) is 2.44. The highest BCUT2D eigenvalue weighted by Crippen LogP contribution is 2.24. The van der Waals surface area contributed by atoms with Crippen molar-refractivity contribution in [1.29, 1.82) is 0 Å². The Kier molecular flexibility index (Phi) is 4.17. The predicted octanol–water partition coefficient (Wildman–Crippen LogP) is 3.26. The van der Waals surface area contributed by atoms with Crippen LogP contribution in [0.2, 0.25) is 0 Å². The van der Waals surface area contributed by atoms with Gasteiger partial charge in [0.05, 0.1) is 24.2 Å². The minimum atomic E-state index is -0.527. The normalized spacial score (nSPS) is 10.7. The largest absolute Gasteiger partial charge is 0.454 e.